The highest BCUT2D eigenvalue weighted by molar-refractivity contribution is 5.96. The molecule has 3 atom stereocenters. The van der Waals surface area contributed by atoms with Gasteiger partial charge < -0.3 is 49.6 Å². The summed E-state index contributed by atoms with van der Waals surface area (Å²) < 4.78 is 31.9. The van der Waals surface area contributed by atoms with Crippen LogP contribution in [0, 0.1) is 12.3 Å². The number of ether oxygens (including phenoxy) is 5. The predicted molar refractivity (Wildman–Crippen MR) is 248 cm³/mol. The average molecular weight is 928 g/mol. The van der Waals surface area contributed by atoms with Gasteiger partial charge in [0.1, 0.15) is 36.7 Å². The van der Waals surface area contributed by atoms with Crippen molar-refractivity contribution in [2.45, 2.75) is 84.7 Å². The van der Waals surface area contributed by atoms with Crippen LogP contribution in [0.2, 0.25) is 0 Å². The number of rotatable bonds is 24. The van der Waals surface area contributed by atoms with Gasteiger partial charge >= 0.3 is 0 Å². The summed E-state index contributed by atoms with van der Waals surface area (Å²) in [7, 11) is 0. The number of benzene rings is 2. The van der Waals surface area contributed by atoms with Crippen molar-refractivity contribution in [1.29, 1.82) is 0 Å². The summed E-state index contributed by atoms with van der Waals surface area (Å²) in [6, 6.07) is 14.2. The Balaban J connectivity index is 0.860. The quantitative estimate of drug-likeness (QED) is 0.0679. The lowest BCUT2D eigenvalue weighted by Gasteiger charge is -2.33. The largest absolute Gasteiger partial charge is 0.487 e. The van der Waals surface area contributed by atoms with Crippen molar-refractivity contribution in [1.82, 2.24) is 39.9 Å². The number of hydrogen-bond donors (Lipinski definition) is 3. The Bertz CT molecular complexity index is 2270. The summed E-state index contributed by atoms with van der Waals surface area (Å²) in [5, 5.41) is 25.9. The number of piperidine rings is 1. The van der Waals surface area contributed by atoms with Gasteiger partial charge in [0.15, 0.2) is 0 Å². The molecule has 0 aliphatic carbocycles. The molecule has 4 amide bonds. The molecule has 2 aliphatic heterocycles. The molecule has 0 spiro atoms. The number of aliphatic hydroxyl groups excluding tert-OH is 1. The summed E-state index contributed by atoms with van der Waals surface area (Å²) in [5.74, 6) is -0.659. The van der Waals surface area contributed by atoms with E-state index in [1.165, 1.54) is 6.08 Å². The summed E-state index contributed by atoms with van der Waals surface area (Å²) >= 11 is 0. The molecule has 4 heterocycles. The van der Waals surface area contributed by atoms with Crippen molar-refractivity contribution < 1.29 is 48.0 Å². The molecular formula is C48H65N9O10. The molecule has 3 unspecified atom stereocenters. The number of likely N-dealkylation sites (tertiary alicyclic amines) is 2. The van der Waals surface area contributed by atoms with Gasteiger partial charge in [-0.05, 0) is 80.0 Å². The van der Waals surface area contributed by atoms with Crippen LogP contribution in [0.15, 0.2) is 67.0 Å². The Morgan fingerprint density at radius 3 is 2.30 bits per heavy atom. The second-order valence-corrected chi connectivity index (χ2v) is 17.7. The van der Waals surface area contributed by atoms with Crippen LogP contribution in [0.4, 0.5) is 0 Å². The minimum atomic E-state index is -0.723. The fourth-order valence-electron chi connectivity index (χ4n) is 7.78. The summed E-state index contributed by atoms with van der Waals surface area (Å²) in [5.41, 5.74) is 9.79. The number of carbonyl (C=O) groups excluding carboxylic acids is 4. The van der Waals surface area contributed by atoms with E-state index in [1.54, 1.807) is 25.2 Å². The number of para-hydroxylation sites is 1. The normalized spacial score (nSPS) is 17.0. The van der Waals surface area contributed by atoms with E-state index in [9.17, 15) is 24.3 Å². The summed E-state index contributed by atoms with van der Waals surface area (Å²) in [6.07, 6.45) is 9.17. The Labute approximate surface area is 391 Å². The second-order valence-electron chi connectivity index (χ2n) is 17.7. The van der Waals surface area contributed by atoms with Crippen molar-refractivity contribution in [2.24, 2.45) is 11.1 Å². The molecule has 0 bridgehead atoms. The van der Waals surface area contributed by atoms with Crippen molar-refractivity contribution in [3.8, 4) is 22.7 Å². The van der Waals surface area contributed by atoms with Crippen LogP contribution in [0.1, 0.15) is 63.3 Å². The highest BCUT2D eigenvalue weighted by Crippen LogP contribution is 2.30. The minimum absolute atomic E-state index is 0.195. The first-order valence-corrected chi connectivity index (χ1v) is 22.9. The second kappa shape index (κ2) is 24.7. The number of β-amino-alcohol motifs (C(OH)–C–C–N with tert-alkyl or cyclic N) is 1. The molecule has 2 saturated heterocycles. The zero-order valence-corrected chi connectivity index (χ0v) is 39.0. The number of hydrogen-bond acceptors (Lipinski definition) is 13. The van der Waals surface area contributed by atoms with E-state index in [0.717, 1.165) is 35.2 Å². The minimum Gasteiger partial charge on any atom is -0.487 e. The van der Waals surface area contributed by atoms with E-state index < -0.39 is 29.5 Å². The van der Waals surface area contributed by atoms with E-state index in [0.29, 0.717) is 82.6 Å². The first-order valence-electron chi connectivity index (χ1n) is 22.9. The molecule has 2 aromatic heterocycles. The fraction of sp³-hybridized carbons (Fsp3) is 0.521. The third-order valence-electron chi connectivity index (χ3n) is 11.4. The van der Waals surface area contributed by atoms with Gasteiger partial charge in [0.05, 0.1) is 76.5 Å². The van der Waals surface area contributed by atoms with Crippen LogP contribution in [0.3, 0.4) is 0 Å². The Morgan fingerprint density at radius 2 is 1.63 bits per heavy atom. The van der Waals surface area contributed by atoms with Crippen molar-refractivity contribution in [3.05, 3.63) is 83.8 Å². The van der Waals surface area contributed by atoms with Crippen LogP contribution in [-0.2, 0) is 51.3 Å². The first kappa shape index (κ1) is 50.4. The van der Waals surface area contributed by atoms with Gasteiger partial charge in [-0.2, -0.15) is 5.10 Å². The van der Waals surface area contributed by atoms with E-state index in [1.807, 2.05) is 88.6 Å². The van der Waals surface area contributed by atoms with E-state index in [2.05, 4.69) is 15.6 Å². The predicted octanol–water partition coefficient (Wildman–Crippen LogP) is 3.09. The number of aliphatic hydroxyl groups is 1. The molecule has 6 rings (SSSR count). The van der Waals surface area contributed by atoms with Gasteiger partial charge in [0.25, 0.3) is 0 Å². The number of amides is 4. The summed E-state index contributed by atoms with van der Waals surface area (Å²) in [4.78, 5) is 54.0. The highest BCUT2D eigenvalue weighted by atomic mass is 16.6. The number of carbonyl (C=O) groups is 4. The monoisotopic (exact) mass is 927 g/mol. The molecule has 0 saturated carbocycles. The van der Waals surface area contributed by atoms with Crippen molar-refractivity contribution in [3.63, 3.8) is 0 Å². The van der Waals surface area contributed by atoms with Gasteiger partial charge in [-0.25, -0.2) is 9.36 Å². The lowest BCUT2D eigenvalue weighted by atomic mass is 9.85. The molecular weight excluding hydrogens is 863 g/mol. The number of aryl methyl sites for hydroxylation is 1. The maximum Gasteiger partial charge on any atom is 0.247 e. The van der Waals surface area contributed by atoms with Crippen molar-refractivity contribution in [2.75, 3.05) is 72.5 Å². The number of nitrogens with one attached hydrogen (secondary N) is 1. The Morgan fingerprint density at radius 1 is 0.910 bits per heavy atom. The van der Waals surface area contributed by atoms with Gasteiger partial charge in [0.2, 0.25) is 23.6 Å². The smallest absolute Gasteiger partial charge is 0.247 e. The van der Waals surface area contributed by atoms with Gasteiger partial charge in [-0.3, -0.25) is 19.2 Å². The molecule has 2 aromatic carbocycles. The fourth-order valence-corrected chi connectivity index (χ4v) is 7.78. The lowest BCUT2D eigenvalue weighted by Crippen LogP contribution is -2.55. The Kier molecular flexibility index (Phi) is 18.6. The first-order chi connectivity index (χ1) is 32.3. The highest BCUT2D eigenvalue weighted by Gasteiger charge is 2.38. The number of nitrogens with two attached hydrogens (primary N) is 1. The van der Waals surface area contributed by atoms with Crippen LogP contribution in [-0.4, -0.2) is 154 Å². The number of primary amides is 1. The van der Waals surface area contributed by atoms with E-state index in [-0.39, 0.29) is 50.7 Å². The topological polar surface area (TPSA) is 228 Å². The van der Waals surface area contributed by atoms with E-state index >= 15 is 0 Å². The van der Waals surface area contributed by atoms with Crippen LogP contribution in [0.25, 0.3) is 23.0 Å². The van der Waals surface area contributed by atoms with Gasteiger partial charge in [0, 0.05) is 43.0 Å². The molecule has 2 fully saturated rings. The molecule has 67 heavy (non-hydrogen) atoms. The average Bonchev–Trinajstić information content (AvgIpc) is 4.08. The van der Waals surface area contributed by atoms with Gasteiger partial charge in [-0.1, -0.05) is 44.2 Å². The zero-order chi connectivity index (χ0) is 47.8. The van der Waals surface area contributed by atoms with Crippen LogP contribution in [0.5, 0.6) is 5.75 Å². The van der Waals surface area contributed by atoms with Gasteiger partial charge in [-0.15, -0.1) is 5.10 Å². The van der Waals surface area contributed by atoms with E-state index in [4.69, 9.17) is 34.5 Å². The molecule has 362 valence electrons. The molecule has 4 aromatic rings. The standard InChI is InChI=1S/C48H65N9O10/c1-34-28-35(44-36(29-57(52-44)38-10-6-5-7-11-38)14-16-43(60)56-18-9-8-12-40(56)46(49)61)13-15-41(34)67-32-37-30-55(53-51-37)20-21-63-22-23-64-24-25-65-26-27-66-33-42(59)50-45(48(2,3)4)47(62)54-19-17-39(58)31-54/h5-7,10-11,13-16,28-30,39-40,45,58H,8-9,12,17-27,31-33H2,1-4H3,(H2,49,61)(H,50,59)/b16-14+. The molecule has 19 heteroatoms. The molecule has 0 radical (unpaired) electrons. The maximum atomic E-state index is 13.3. The van der Waals surface area contributed by atoms with Crippen molar-refractivity contribution >= 4 is 29.7 Å². The third kappa shape index (κ3) is 15.0. The van der Waals surface area contributed by atoms with Crippen LogP contribution < -0.4 is 15.8 Å². The number of aromatic nitrogens is 5. The Hall–Kier alpha value is -5.99. The summed E-state index contributed by atoms with van der Waals surface area (Å²) in [6.45, 7) is 11.8. The molecule has 19 nitrogen and oxygen atoms in total. The molecule has 4 N–H and O–H groups in total. The maximum absolute atomic E-state index is 13.3. The molecule has 2 aliphatic rings. The zero-order valence-electron chi connectivity index (χ0n) is 39.0. The van der Waals surface area contributed by atoms with Crippen LogP contribution >= 0.6 is 0 Å². The number of nitrogens with zero attached hydrogens (tertiary/aromatic N) is 7. The SMILES string of the molecule is Cc1cc(-c2nn(-c3ccccc3)cc2/C=C/C(=O)N2CCCCC2C(N)=O)ccc1OCc1cn(CCOCCOCCOCCOCC(=O)NC(C(=O)N2CCC(O)C2)C(C)(C)C)nn1. The lowest BCUT2D eigenvalue weighted by molar-refractivity contribution is -0.140. The third-order valence-corrected chi connectivity index (χ3v) is 11.4.